The van der Waals surface area contributed by atoms with E-state index in [2.05, 4.69) is 43.4 Å². The zero-order chi connectivity index (χ0) is 18.9. The summed E-state index contributed by atoms with van der Waals surface area (Å²) in [5, 5.41) is 4.75. The van der Waals surface area contributed by atoms with Crippen molar-refractivity contribution in [1.82, 2.24) is 5.32 Å². The van der Waals surface area contributed by atoms with Crippen molar-refractivity contribution in [2.75, 3.05) is 0 Å². The Labute approximate surface area is 167 Å². The fourth-order valence-electron chi connectivity index (χ4n) is 7.29. The van der Waals surface area contributed by atoms with Gasteiger partial charge < -0.3 is 9.73 Å². The van der Waals surface area contributed by atoms with Crippen LogP contribution in [-0.2, 0) is 6.54 Å². The van der Waals surface area contributed by atoms with Crippen LogP contribution in [0.3, 0.4) is 0 Å². The monoisotopic (exact) mass is 383 g/mol. The van der Waals surface area contributed by atoms with Gasteiger partial charge in [0.25, 0.3) is 0 Å². The fraction of sp³-hybridized carbons (Fsp3) is 0.583. The van der Waals surface area contributed by atoms with Crippen molar-refractivity contribution in [3.63, 3.8) is 0 Å². The highest BCUT2D eigenvalue weighted by atomic mass is 35.5. The number of halogens is 1. The first kappa shape index (κ1) is 17.8. The second kappa shape index (κ2) is 5.87. The van der Waals surface area contributed by atoms with E-state index in [1.807, 2.05) is 13.0 Å². The maximum Gasteiger partial charge on any atom is 0.134 e. The van der Waals surface area contributed by atoms with Crippen LogP contribution < -0.4 is 5.32 Å². The molecule has 1 N–H and O–H groups in total. The number of hydrogen-bond donors (Lipinski definition) is 1. The van der Waals surface area contributed by atoms with Crippen molar-refractivity contribution in [2.45, 2.75) is 71.4 Å². The zero-order valence-corrected chi connectivity index (χ0v) is 17.5. The lowest BCUT2D eigenvalue weighted by Gasteiger charge is -2.65. The molecule has 6 rings (SSSR count). The summed E-state index contributed by atoms with van der Waals surface area (Å²) in [5.74, 6) is 2.83. The highest BCUT2D eigenvalue weighted by Crippen LogP contribution is 2.66. The molecule has 0 amide bonds. The van der Waals surface area contributed by atoms with Gasteiger partial charge in [-0.05, 0) is 86.0 Å². The van der Waals surface area contributed by atoms with Gasteiger partial charge in [0.05, 0.1) is 6.54 Å². The molecule has 4 aliphatic carbocycles. The number of rotatable bonds is 4. The Morgan fingerprint density at radius 2 is 1.78 bits per heavy atom. The van der Waals surface area contributed by atoms with E-state index in [1.165, 1.54) is 38.5 Å². The van der Waals surface area contributed by atoms with Crippen molar-refractivity contribution in [1.29, 1.82) is 0 Å². The Morgan fingerprint density at radius 3 is 2.44 bits per heavy atom. The summed E-state index contributed by atoms with van der Waals surface area (Å²) in [4.78, 5) is 0. The van der Waals surface area contributed by atoms with Gasteiger partial charge in [0.15, 0.2) is 0 Å². The molecule has 0 spiro atoms. The molecule has 4 aliphatic rings. The number of benzene rings is 1. The minimum Gasteiger partial charge on any atom is -0.460 e. The second-order valence-corrected chi connectivity index (χ2v) is 10.9. The second-order valence-electron chi connectivity index (χ2n) is 10.5. The standard InChI is InChI=1S/C24H30ClNO/c1-16-4-5-18(8-20(16)25)21-7-6-19(27-21)12-26-24-11-17-9-22(2,14-24)13-23(3,10-17)15-24/h4-8,17,26H,9-15H2,1-3H3/t17?,22-,23+,24?. The summed E-state index contributed by atoms with van der Waals surface area (Å²) in [5.41, 5.74) is 3.52. The van der Waals surface area contributed by atoms with Gasteiger partial charge in [-0.15, -0.1) is 0 Å². The van der Waals surface area contributed by atoms with E-state index in [9.17, 15) is 0 Å². The minimum absolute atomic E-state index is 0.309. The van der Waals surface area contributed by atoms with Crippen LogP contribution in [0.4, 0.5) is 0 Å². The van der Waals surface area contributed by atoms with Gasteiger partial charge in [0, 0.05) is 16.1 Å². The summed E-state index contributed by atoms with van der Waals surface area (Å²) in [6.07, 6.45) is 8.29. The Balaban J connectivity index is 1.32. The van der Waals surface area contributed by atoms with Gasteiger partial charge in [0.1, 0.15) is 11.5 Å². The largest absolute Gasteiger partial charge is 0.460 e. The van der Waals surface area contributed by atoms with Gasteiger partial charge in [-0.1, -0.05) is 37.6 Å². The molecule has 4 fully saturated rings. The van der Waals surface area contributed by atoms with Crippen LogP contribution in [0.15, 0.2) is 34.7 Å². The molecule has 144 valence electrons. The Hall–Kier alpha value is -1.25. The Bertz CT molecular complexity index is 866. The van der Waals surface area contributed by atoms with Crippen LogP contribution >= 0.6 is 11.6 Å². The highest BCUT2D eigenvalue weighted by molar-refractivity contribution is 6.31. The molecular weight excluding hydrogens is 354 g/mol. The minimum atomic E-state index is 0.309. The lowest BCUT2D eigenvalue weighted by atomic mass is 9.43. The van der Waals surface area contributed by atoms with E-state index < -0.39 is 0 Å². The number of furan rings is 1. The Morgan fingerprint density at radius 1 is 1.04 bits per heavy atom. The van der Waals surface area contributed by atoms with Crippen LogP contribution in [-0.4, -0.2) is 5.54 Å². The molecular formula is C24H30ClNO. The highest BCUT2D eigenvalue weighted by Gasteiger charge is 2.59. The third kappa shape index (κ3) is 3.15. The van der Waals surface area contributed by atoms with E-state index in [0.29, 0.717) is 16.4 Å². The molecule has 0 saturated heterocycles. The molecule has 1 aromatic heterocycles. The van der Waals surface area contributed by atoms with Gasteiger partial charge in [0.2, 0.25) is 0 Å². The number of nitrogens with one attached hydrogen (secondary N) is 1. The first-order valence-electron chi connectivity index (χ1n) is 10.4. The normalized spacial score (nSPS) is 37.1. The van der Waals surface area contributed by atoms with Crippen molar-refractivity contribution in [3.05, 3.63) is 46.7 Å². The molecule has 3 heteroatoms. The summed E-state index contributed by atoms with van der Waals surface area (Å²) in [6, 6.07) is 10.3. The Kier molecular flexibility index (Phi) is 3.88. The molecule has 27 heavy (non-hydrogen) atoms. The van der Waals surface area contributed by atoms with Crippen molar-refractivity contribution in [3.8, 4) is 11.3 Å². The summed E-state index contributed by atoms with van der Waals surface area (Å²) >= 11 is 6.28. The van der Waals surface area contributed by atoms with Gasteiger partial charge >= 0.3 is 0 Å². The SMILES string of the molecule is Cc1ccc(-c2ccc(CNC34CC5C[C@@](C)(C3)C[C@](C)(C5)C4)o2)cc1Cl. The van der Waals surface area contributed by atoms with E-state index in [1.54, 1.807) is 0 Å². The molecule has 2 nitrogen and oxygen atoms in total. The van der Waals surface area contributed by atoms with Crippen LogP contribution in [0.5, 0.6) is 0 Å². The average Bonchev–Trinajstić information content (AvgIpc) is 3.01. The molecule has 0 aliphatic heterocycles. The molecule has 2 aromatic rings. The topological polar surface area (TPSA) is 25.2 Å². The maximum absolute atomic E-state index is 6.28. The van der Waals surface area contributed by atoms with Crippen molar-refractivity contribution in [2.24, 2.45) is 16.7 Å². The summed E-state index contributed by atoms with van der Waals surface area (Å²) < 4.78 is 6.16. The summed E-state index contributed by atoms with van der Waals surface area (Å²) in [6.45, 7) is 7.89. The lowest BCUT2D eigenvalue weighted by molar-refractivity contribution is -0.118. The van der Waals surface area contributed by atoms with Crippen LogP contribution in [0.25, 0.3) is 11.3 Å². The fourth-order valence-corrected chi connectivity index (χ4v) is 7.47. The molecule has 4 saturated carbocycles. The molecule has 4 bridgehead atoms. The first-order chi connectivity index (χ1) is 12.8. The van der Waals surface area contributed by atoms with Gasteiger partial charge in [-0.25, -0.2) is 0 Å². The molecule has 2 unspecified atom stereocenters. The molecule has 4 atom stereocenters. The molecule has 0 radical (unpaired) electrons. The predicted octanol–water partition coefficient (Wildman–Crippen LogP) is 6.75. The van der Waals surface area contributed by atoms with Crippen LogP contribution in [0, 0.1) is 23.7 Å². The first-order valence-corrected chi connectivity index (χ1v) is 10.7. The third-order valence-corrected chi connectivity index (χ3v) is 7.79. The average molecular weight is 384 g/mol. The smallest absolute Gasteiger partial charge is 0.134 e. The molecule has 1 aromatic carbocycles. The van der Waals surface area contributed by atoms with Crippen LogP contribution in [0.2, 0.25) is 5.02 Å². The van der Waals surface area contributed by atoms with E-state index >= 15 is 0 Å². The summed E-state index contributed by atoms with van der Waals surface area (Å²) in [7, 11) is 0. The molecule has 1 heterocycles. The van der Waals surface area contributed by atoms with E-state index in [0.717, 1.165) is 40.1 Å². The van der Waals surface area contributed by atoms with Crippen LogP contribution in [0.1, 0.15) is 63.7 Å². The third-order valence-electron chi connectivity index (χ3n) is 7.38. The number of aryl methyl sites for hydroxylation is 1. The van der Waals surface area contributed by atoms with Gasteiger partial charge in [-0.3, -0.25) is 0 Å². The lowest BCUT2D eigenvalue weighted by Crippen LogP contribution is -2.63. The van der Waals surface area contributed by atoms with E-state index in [-0.39, 0.29) is 0 Å². The maximum atomic E-state index is 6.28. The van der Waals surface area contributed by atoms with E-state index in [4.69, 9.17) is 16.0 Å². The predicted molar refractivity (Wildman–Crippen MR) is 111 cm³/mol. The van der Waals surface area contributed by atoms with Gasteiger partial charge in [-0.2, -0.15) is 0 Å². The quantitative estimate of drug-likeness (QED) is 0.631. The van der Waals surface area contributed by atoms with Crippen molar-refractivity contribution < 1.29 is 4.42 Å². The van der Waals surface area contributed by atoms with Crippen molar-refractivity contribution >= 4 is 11.6 Å². The zero-order valence-electron chi connectivity index (χ0n) is 16.7. The number of hydrogen-bond acceptors (Lipinski definition) is 2.